The predicted molar refractivity (Wildman–Crippen MR) is 51.7 cm³/mol. The third kappa shape index (κ3) is 2.53. The van der Waals surface area contributed by atoms with Crippen LogP contribution in [0.3, 0.4) is 0 Å². The number of carbonyl (C=O) groups excluding carboxylic acids is 1. The minimum atomic E-state index is -0.653. The van der Waals surface area contributed by atoms with Gasteiger partial charge in [-0.25, -0.2) is 0 Å². The van der Waals surface area contributed by atoms with Gasteiger partial charge in [-0.05, 0) is 24.6 Å². The number of primary amides is 1. The molecule has 3 heteroatoms. The Morgan fingerprint density at radius 3 is 2.69 bits per heavy atom. The SMILES string of the molecule is Cc1ccc(C#CC(N)=O)c(N)c1. The molecule has 0 aliphatic rings. The molecule has 0 spiro atoms. The van der Waals surface area contributed by atoms with E-state index in [1.807, 2.05) is 13.0 Å². The maximum Gasteiger partial charge on any atom is 0.293 e. The maximum absolute atomic E-state index is 10.4. The zero-order valence-electron chi connectivity index (χ0n) is 7.29. The van der Waals surface area contributed by atoms with E-state index < -0.39 is 5.91 Å². The first kappa shape index (κ1) is 9.14. The van der Waals surface area contributed by atoms with Crippen LogP contribution in [0.2, 0.25) is 0 Å². The Balaban J connectivity index is 3.05. The fourth-order valence-electron chi connectivity index (χ4n) is 0.925. The maximum atomic E-state index is 10.4. The summed E-state index contributed by atoms with van der Waals surface area (Å²) in [6.45, 7) is 1.93. The molecule has 0 aliphatic heterocycles. The first-order valence-electron chi connectivity index (χ1n) is 3.77. The van der Waals surface area contributed by atoms with Crippen LogP contribution in [0.4, 0.5) is 5.69 Å². The van der Waals surface area contributed by atoms with Crippen molar-refractivity contribution >= 4 is 11.6 Å². The molecule has 0 atom stereocenters. The fraction of sp³-hybridized carbons (Fsp3) is 0.100. The highest BCUT2D eigenvalue weighted by Crippen LogP contribution is 2.11. The van der Waals surface area contributed by atoms with Crippen molar-refractivity contribution in [2.75, 3.05) is 5.73 Å². The van der Waals surface area contributed by atoms with Crippen LogP contribution >= 0.6 is 0 Å². The van der Waals surface area contributed by atoms with E-state index in [9.17, 15) is 4.79 Å². The second-order valence-electron chi connectivity index (χ2n) is 2.70. The van der Waals surface area contributed by atoms with Crippen molar-refractivity contribution in [1.82, 2.24) is 0 Å². The Bertz CT molecular complexity index is 399. The topological polar surface area (TPSA) is 69.1 Å². The summed E-state index contributed by atoms with van der Waals surface area (Å²) in [5.74, 6) is 4.17. The number of aryl methyl sites for hydroxylation is 1. The third-order valence-corrected chi connectivity index (χ3v) is 1.53. The zero-order chi connectivity index (χ0) is 9.84. The summed E-state index contributed by atoms with van der Waals surface area (Å²) in [7, 11) is 0. The van der Waals surface area contributed by atoms with Crippen LogP contribution in [0.1, 0.15) is 11.1 Å². The van der Waals surface area contributed by atoms with E-state index >= 15 is 0 Å². The average Bonchev–Trinajstić information content (AvgIpc) is 2.02. The Kier molecular flexibility index (Phi) is 2.56. The van der Waals surface area contributed by atoms with Gasteiger partial charge in [-0.3, -0.25) is 4.79 Å². The molecule has 0 fully saturated rings. The first-order chi connectivity index (χ1) is 6.09. The molecule has 13 heavy (non-hydrogen) atoms. The van der Waals surface area contributed by atoms with Crippen LogP contribution in [0.15, 0.2) is 18.2 Å². The van der Waals surface area contributed by atoms with Crippen molar-refractivity contribution < 1.29 is 4.79 Å². The lowest BCUT2D eigenvalue weighted by atomic mass is 10.1. The molecule has 1 aromatic carbocycles. The van der Waals surface area contributed by atoms with Gasteiger partial charge >= 0.3 is 0 Å². The smallest absolute Gasteiger partial charge is 0.293 e. The molecule has 0 saturated heterocycles. The van der Waals surface area contributed by atoms with Crippen LogP contribution < -0.4 is 11.5 Å². The van der Waals surface area contributed by atoms with Crippen LogP contribution in [0.25, 0.3) is 0 Å². The molecular weight excluding hydrogens is 164 g/mol. The Hall–Kier alpha value is -1.95. The lowest BCUT2D eigenvalue weighted by molar-refractivity contribution is -0.112. The molecule has 1 aromatic rings. The number of carbonyl (C=O) groups is 1. The van der Waals surface area contributed by atoms with Crippen molar-refractivity contribution in [2.24, 2.45) is 5.73 Å². The second kappa shape index (κ2) is 3.63. The van der Waals surface area contributed by atoms with Gasteiger partial charge < -0.3 is 11.5 Å². The molecule has 0 radical (unpaired) electrons. The van der Waals surface area contributed by atoms with Gasteiger partial charge in [0.05, 0.1) is 0 Å². The van der Waals surface area contributed by atoms with Gasteiger partial charge in [-0.1, -0.05) is 12.0 Å². The van der Waals surface area contributed by atoms with Crippen molar-refractivity contribution in [1.29, 1.82) is 0 Å². The van der Waals surface area contributed by atoms with Crippen LogP contribution in [-0.4, -0.2) is 5.91 Å². The van der Waals surface area contributed by atoms with Gasteiger partial charge in [-0.2, -0.15) is 0 Å². The van der Waals surface area contributed by atoms with Crippen LogP contribution in [0, 0.1) is 18.8 Å². The van der Waals surface area contributed by atoms with E-state index in [4.69, 9.17) is 11.5 Å². The number of anilines is 1. The third-order valence-electron chi connectivity index (χ3n) is 1.53. The standard InChI is InChI=1S/C10H10N2O/c1-7-2-3-8(9(11)6-7)4-5-10(12)13/h2-3,6H,11H2,1H3,(H2,12,13). The average molecular weight is 174 g/mol. The van der Waals surface area contributed by atoms with E-state index in [1.54, 1.807) is 12.1 Å². The van der Waals surface area contributed by atoms with Gasteiger partial charge in [0, 0.05) is 17.2 Å². The zero-order valence-corrected chi connectivity index (χ0v) is 7.29. The monoisotopic (exact) mass is 174 g/mol. The summed E-state index contributed by atoms with van der Waals surface area (Å²) in [5.41, 5.74) is 12.8. The summed E-state index contributed by atoms with van der Waals surface area (Å²) in [5, 5.41) is 0. The van der Waals surface area contributed by atoms with Gasteiger partial charge in [0.1, 0.15) is 0 Å². The lowest BCUT2D eigenvalue weighted by Crippen LogP contribution is -2.06. The summed E-state index contributed by atoms with van der Waals surface area (Å²) in [6, 6.07) is 5.44. The number of hydrogen-bond donors (Lipinski definition) is 2. The van der Waals surface area contributed by atoms with E-state index in [0.29, 0.717) is 11.3 Å². The van der Waals surface area contributed by atoms with Crippen molar-refractivity contribution in [3.63, 3.8) is 0 Å². The number of benzene rings is 1. The summed E-state index contributed by atoms with van der Waals surface area (Å²) < 4.78 is 0. The van der Waals surface area contributed by atoms with Gasteiger partial charge in [0.25, 0.3) is 5.91 Å². The van der Waals surface area contributed by atoms with E-state index in [1.165, 1.54) is 0 Å². The number of nitrogens with two attached hydrogens (primary N) is 2. The Labute approximate surface area is 76.7 Å². The predicted octanol–water partition coefficient (Wildman–Crippen LogP) is 0.414. The number of rotatable bonds is 0. The molecule has 0 heterocycles. The largest absolute Gasteiger partial charge is 0.398 e. The highest BCUT2D eigenvalue weighted by Gasteiger charge is 1.94. The molecule has 0 aromatic heterocycles. The molecule has 4 N–H and O–H groups in total. The molecule has 0 saturated carbocycles. The molecule has 3 nitrogen and oxygen atoms in total. The number of hydrogen-bond acceptors (Lipinski definition) is 2. The highest BCUT2D eigenvalue weighted by atomic mass is 16.1. The molecule has 0 bridgehead atoms. The van der Waals surface area contributed by atoms with Gasteiger partial charge in [-0.15, -0.1) is 0 Å². The molecular formula is C10H10N2O. The lowest BCUT2D eigenvalue weighted by Gasteiger charge is -1.98. The Morgan fingerprint density at radius 2 is 2.15 bits per heavy atom. The van der Waals surface area contributed by atoms with Crippen LogP contribution in [0.5, 0.6) is 0 Å². The first-order valence-corrected chi connectivity index (χ1v) is 3.77. The molecule has 0 aliphatic carbocycles. The fourth-order valence-corrected chi connectivity index (χ4v) is 0.925. The molecule has 0 unspecified atom stereocenters. The van der Waals surface area contributed by atoms with Crippen molar-refractivity contribution in [3.05, 3.63) is 29.3 Å². The van der Waals surface area contributed by atoms with Gasteiger partial charge in [0.2, 0.25) is 0 Å². The minimum Gasteiger partial charge on any atom is -0.398 e. The highest BCUT2D eigenvalue weighted by molar-refractivity contribution is 5.92. The number of nitrogen functional groups attached to an aromatic ring is 1. The van der Waals surface area contributed by atoms with Gasteiger partial charge in [0.15, 0.2) is 0 Å². The second-order valence-corrected chi connectivity index (χ2v) is 2.70. The Morgan fingerprint density at radius 1 is 1.46 bits per heavy atom. The quantitative estimate of drug-likeness (QED) is 0.442. The normalized spacial score (nSPS) is 8.69. The van der Waals surface area contributed by atoms with Crippen LogP contribution in [-0.2, 0) is 4.79 Å². The number of amides is 1. The summed E-state index contributed by atoms with van der Waals surface area (Å²) >= 11 is 0. The summed E-state index contributed by atoms with van der Waals surface area (Å²) in [4.78, 5) is 10.4. The van der Waals surface area contributed by atoms with E-state index in [2.05, 4.69) is 11.8 Å². The minimum absolute atomic E-state index is 0.564. The van der Waals surface area contributed by atoms with Crippen molar-refractivity contribution in [2.45, 2.75) is 6.92 Å². The molecule has 1 amide bonds. The summed E-state index contributed by atoms with van der Waals surface area (Å²) in [6.07, 6.45) is 0. The van der Waals surface area contributed by atoms with E-state index in [0.717, 1.165) is 5.56 Å². The van der Waals surface area contributed by atoms with E-state index in [-0.39, 0.29) is 0 Å². The molecule has 66 valence electrons. The molecule has 1 rings (SSSR count). The van der Waals surface area contributed by atoms with Crippen molar-refractivity contribution in [3.8, 4) is 11.8 Å².